The fourth-order valence-electron chi connectivity index (χ4n) is 2.52. The molecule has 3 rings (SSSR count). The number of carbonyl (C=O) groups excluding carboxylic acids is 3. The number of nitrogens with zero attached hydrogens (tertiary/aromatic N) is 1. The molecular weight excluding hydrogens is 352 g/mol. The summed E-state index contributed by atoms with van der Waals surface area (Å²) in [5, 5.41) is 10.8. The number of ether oxygens (including phenoxy) is 1. The topological polar surface area (TPSA) is 113 Å². The van der Waals surface area contributed by atoms with Crippen molar-refractivity contribution >= 4 is 35.8 Å². The van der Waals surface area contributed by atoms with Crippen molar-refractivity contribution in [1.29, 1.82) is 0 Å². The van der Waals surface area contributed by atoms with Gasteiger partial charge < -0.3 is 9.84 Å². The van der Waals surface area contributed by atoms with Crippen molar-refractivity contribution in [2.24, 2.45) is 0 Å². The van der Waals surface area contributed by atoms with Crippen molar-refractivity contribution in [2.75, 3.05) is 4.90 Å². The maximum atomic E-state index is 12.7. The van der Waals surface area contributed by atoms with Crippen LogP contribution in [0.15, 0.2) is 54.1 Å². The van der Waals surface area contributed by atoms with Gasteiger partial charge in [0.1, 0.15) is 11.3 Å². The third-order valence-electron chi connectivity index (χ3n) is 3.77. The van der Waals surface area contributed by atoms with E-state index in [1.807, 2.05) is 6.92 Å². The molecule has 0 unspecified atom stereocenters. The Morgan fingerprint density at radius 1 is 1.11 bits per heavy atom. The first kappa shape index (κ1) is 17.9. The van der Waals surface area contributed by atoms with E-state index < -0.39 is 24.0 Å². The Morgan fingerprint density at radius 3 is 2.48 bits per heavy atom. The molecule has 2 N–H and O–H groups in total. The van der Waals surface area contributed by atoms with Crippen molar-refractivity contribution in [3.05, 3.63) is 65.2 Å². The van der Waals surface area contributed by atoms with Crippen molar-refractivity contribution in [2.45, 2.75) is 6.92 Å². The second-order valence-electron chi connectivity index (χ2n) is 5.73. The summed E-state index contributed by atoms with van der Waals surface area (Å²) >= 11 is 0. The molecule has 0 spiro atoms. The quantitative estimate of drug-likeness (QED) is 0.374. The molecular formula is C19H14N2O6. The van der Waals surface area contributed by atoms with Crippen LogP contribution in [0.25, 0.3) is 6.08 Å². The number of hydrogen-bond donors (Lipinski definition) is 2. The summed E-state index contributed by atoms with van der Waals surface area (Å²) < 4.78 is 4.55. The van der Waals surface area contributed by atoms with Crippen LogP contribution in [0.1, 0.15) is 11.1 Å². The summed E-state index contributed by atoms with van der Waals surface area (Å²) in [4.78, 5) is 48.5. The number of carbonyl (C=O) groups is 4. The summed E-state index contributed by atoms with van der Waals surface area (Å²) in [6, 6.07) is 11.7. The molecule has 0 bridgehead atoms. The minimum atomic E-state index is -1.48. The van der Waals surface area contributed by atoms with Crippen LogP contribution in [0.5, 0.6) is 5.75 Å². The van der Waals surface area contributed by atoms with E-state index >= 15 is 0 Å². The number of anilines is 1. The van der Waals surface area contributed by atoms with Crippen LogP contribution in [0.2, 0.25) is 0 Å². The molecule has 0 atom stereocenters. The van der Waals surface area contributed by atoms with Crippen LogP contribution in [-0.2, 0) is 9.59 Å². The van der Waals surface area contributed by atoms with Crippen molar-refractivity contribution in [3.63, 3.8) is 0 Å². The molecule has 0 aromatic heterocycles. The minimum Gasteiger partial charge on any atom is -0.449 e. The molecule has 0 saturated carbocycles. The van der Waals surface area contributed by atoms with E-state index in [1.54, 1.807) is 30.3 Å². The number of carboxylic acid groups (broad SMARTS) is 1. The lowest BCUT2D eigenvalue weighted by Crippen LogP contribution is -2.54. The number of hydrogen-bond acceptors (Lipinski definition) is 5. The van der Waals surface area contributed by atoms with Gasteiger partial charge in [-0.1, -0.05) is 29.8 Å². The standard InChI is InChI=1S/C19H14N2O6/c1-11-5-7-13(8-6-11)21-17(23)15(16(22)20-18(21)24)10-12-3-2-4-14(9-12)27-19(25)26/h2-10H,1H3,(H,25,26)(H,20,22,24)/b15-10-. The summed E-state index contributed by atoms with van der Waals surface area (Å²) in [6.07, 6.45) is -0.220. The maximum absolute atomic E-state index is 12.7. The van der Waals surface area contributed by atoms with Crippen LogP contribution in [0.4, 0.5) is 15.3 Å². The molecule has 1 fully saturated rings. The van der Waals surface area contributed by atoms with Gasteiger partial charge in [-0.15, -0.1) is 0 Å². The molecule has 1 aliphatic rings. The number of imide groups is 2. The monoisotopic (exact) mass is 366 g/mol. The zero-order chi connectivity index (χ0) is 19.6. The molecule has 8 heteroatoms. The van der Waals surface area contributed by atoms with Crippen LogP contribution in [0.3, 0.4) is 0 Å². The van der Waals surface area contributed by atoms with E-state index in [0.29, 0.717) is 11.3 Å². The van der Waals surface area contributed by atoms with E-state index in [0.717, 1.165) is 10.5 Å². The lowest BCUT2D eigenvalue weighted by molar-refractivity contribution is -0.122. The number of urea groups is 1. The first-order chi connectivity index (χ1) is 12.8. The number of nitrogens with one attached hydrogen (secondary N) is 1. The van der Waals surface area contributed by atoms with Gasteiger partial charge in [-0.05, 0) is 42.8 Å². The molecule has 0 radical (unpaired) electrons. The number of benzene rings is 2. The highest BCUT2D eigenvalue weighted by Gasteiger charge is 2.36. The van der Waals surface area contributed by atoms with E-state index in [-0.39, 0.29) is 11.3 Å². The van der Waals surface area contributed by atoms with E-state index in [4.69, 9.17) is 5.11 Å². The highest BCUT2D eigenvalue weighted by Crippen LogP contribution is 2.23. The Bertz CT molecular complexity index is 978. The van der Waals surface area contributed by atoms with Crippen molar-refractivity contribution in [1.82, 2.24) is 5.32 Å². The Kier molecular flexibility index (Phi) is 4.71. The molecule has 1 saturated heterocycles. The van der Waals surface area contributed by atoms with Crippen LogP contribution < -0.4 is 15.0 Å². The van der Waals surface area contributed by atoms with Crippen LogP contribution >= 0.6 is 0 Å². The largest absolute Gasteiger partial charge is 0.511 e. The average Bonchev–Trinajstić information content (AvgIpc) is 2.60. The minimum absolute atomic E-state index is 0.0342. The smallest absolute Gasteiger partial charge is 0.449 e. The van der Waals surface area contributed by atoms with Crippen LogP contribution in [-0.4, -0.2) is 29.1 Å². The van der Waals surface area contributed by atoms with Gasteiger partial charge in [0, 0.05) is 0 Å². The van der Waals surface area contributed by atoms with Gasteiger partial charge in [-0.2, -0.15) is 0 Å². The SMILES string of the molecule is Cc1ccc(N2C(=O)NC(=O)/C(=C/c3cccc(OC(=O)O)c3)C2=O)cc1. The number of rotatable bonds is 3. The highest BCUT2D eigenvalue weighted by molar-refractivity contribution is 6.39. The molecule has 1 aliphatic heterocycles. The summed E-state index contributed by atoms with van der Waals surface area (Å²) in [6.45, 7) is 1.86. The first-order valence-electron chi connectivity index (χ1n) is 7.84. The Balaban J connectivity index is 1.97. The molecule has 4 amide bonds. The average molecular weight is 366 g/mol. The summed E-state index contributed by atoms with van der Waals surface area (Å²) in [5.74, 6) is -1.58. The molecule has 8 nitrogen and oxygen atoms in total. The predicted molar refractivity (Wildman–Crippen MR) is 95.3 cm³/mol. The lowest BCUT2D eigenvalue weighted by Gasteiger charge is -2.26. The Labute approximate surface area is 153 Å². The predicted octanol–water partition coefficient (Wildman–Crippen LogP) is 2.72. The lowest BCUT2D eigenvalue weighted by atomic mass is 10.1. The van der Waals surface area contributed by atoms with E-state index in [2.05, 4.69) is 10.1 Å². The van der Waals surface area contributed by atoms with Crippen molar-refractivity contribution < 1.29 is 29.0 Å². The number of aryl methyl sites for hydroxylation is 1. The molecule has 2 aromatic rings. The third kappa shape index (κ3) is 3.84. The van der Waals surface area contributed by atoms with Gasteiger partial charge in [0.25, 0.3) is 11.8 Å². The third-order valence-corrected chi connectivity index (χ3v) is 3.77. The zero-order valence-corrected chi connectivity index (χ0v) is 14.1. The van der Waals surface area contributed by atoms with Gasteiger partial charge in [0.15, 0.2) is 0 Å². The Hall–Kier alpha value is -3.94. The van der Waals surface area contributed by atoms with Gasteiger partial charge in [0.2, 0.25) is 0 Å². The van der Waals surface area contributed by atoms with Crippen LogP contribution in [0, 0.1) is 6.92 Å². The van der Waals surface area contributed by atoms with Gasteiger partial charge in [-0.25, -0.2) is 14.5 Å². The summed E-state index contributed by atoms with van der Waals surface area (Å²) in [7, 11) is 0. The fraction of sp³-hybridized carbons (Fsp3) is 0.0526. The molecule has 27 heavy (non-hydrogen) atoms. The molecule has 136 valence electrons. The summed E-state index contributed by atoms with van der Waals surface area (Å²) in [5.41, 5.74) is 1.38. The van der Waals surface area contributed by atoms with Gasteiger partial charge in [0.05, 0.1) is 5.69 Å². The number of barbiturate groups is 1. The zero-order valence-electron chi connectivity index (χ0n) is 14.1. The first-order valence-corrected chi connectivity index (χ1v) is 7.84. The molecule has 2 aromatic carbocycles. The van der Waals surface area contributed by atoms with E-state index in [9.17, 15) is 19.2 Å². The fourth-order valence-corrected chi connectivity index (χ4v) is 2.52. The normalized spacial score (nSPS) is 15.7. The van der Waals surface area contributed by atoms with Gasteiger partial charge in [-0.3, -0.25) is 14.9 Å². The van der Waals surface area contributed by atoms with Crippen molar-refractivity contribution in [3.8, 4) is 5.75 Å². The van der Waals surface area contributed by atoms with Gasteiger partial charge >= 0.3 is 12.2 Å². The maximum Gasteiger partial charge on any atom is 0.511 e. The second kappa shape index (κ2) is 7.12. The Morgan fingerprint density at radius 2 is 1.81 bits per heavy atom. The second-order valence-corrected chi connectivity index (χ2v) is 5.73. The highest BCUT2D eigenvalue weighted by atomic mass is 16.7. The molecule has 1 heterocycles. The van der Waals surface area contributed by atoms with E-state index in [1.165, 1.54) is 24.3 Å². The molecule has 0 aliphatic carbocycles. The number of amides is 4.